The van der Waals surface area contributed by atoms with Crippen molar-refractivity contribution in [2.45, 2.75) is 25.7 Å². The first-order chi connectivity index (χ1) is 12.2. The van der Waals surface area contributed by atoms with E-state index in [2.05, 4.69) is 27.7 Å². The van der Waals surface area contributed by atoms with Gasteiger partial charge in [0.25, 0.3) is 0 Å². The maximum absolute atomic E-state index is 12.3. The molecule has 1 aliphatic heterocycles. The molecule has 0 spiro atoms. The van der Waals surface area contributed by atoms with Gasteiger partial charge in [-0.15, -0.1) is 24.8 Å². The number of rotatable bonds is 9. The molecule has 2 N–H and O–H groups in total. The topological polar surface area (TPSA) is 64.7 Å². The first-order valence-corrected chi connectivity index (χ1v) is 9.20. The van der Waals surface area contributed by atoms with Gasteiger partial charge in [0.15, 0.2) is 0 Å². The Morgan fingerprint density at radius 3 is 2.19 bits per heavy atom. The van der Waals surface area contributed by atoms with Gasteiger partial charge in [0.05, 0.1) is 0 Å². The van der Waals surface area contributed by atoms with E-state index in [4.69, 9.17) is 0 Å². The fourth-order valence-electron chi connectivity index (χ4n) is 2.99. The molecule has 1 aliphatic rings. The molecule has 1 aromatic rings. The van der Waals surface area contributed by atoms with Crippen LogP contribution in [0.4, 0.5) is 5.69 Å². The number of carbonyl (C=O) groups is 2. The summed E-state index contributed by atoms with van der Waals surface area (Å²) in [5.41, 5.74) is 1.22. The average molecular weight is 419 g/mol. The lowest BCUT2D eigenvalue weighted by molar-refractivity contribution is -0.131. The predicted octanol–water partition coefficient (Wildman–Crippen LogP) is 2.07. The van der Waals surface area contributed by atoms with E-state index in [1.165, 1.54) is 5.69 Å². The maximum atomic E-state index is 12.3. The highest BCUT2D eigenvalue weighted by Crippen LogP contribution is 2.16. The van der Waals surface area contributed by atoms with Crippen molar-refractivity contribution in [1.29, 1.82) is 0 Å². The highest BCUT2D eigenvalue weighted by Gasteiger charge is 2.20. The van der Waals surface area contributed by atoms with Gasteiger partial charge in [0.2, 0.25) is 11.8 Å². The van der Waals surface area contributed by atoms with Gasteiger partial charge >= 0.3 is 0 Å². The van der Waals surface area contributed by atoms with Gasteiger partial charge in [-0.05, 0) is 38.6 Å². The molecule has 8 heteroatoms. The molecule has 0 radical (unpaired) electrons. The fraction of sp³-hybridized carbons (Fsp3) is 0.579. The van der Waals surface area contributed by atoms with Crippen molar-refractivity contribution in [1.82, 2.24) is 15.5 Å². The second-order valence-corrected chi connectivity index (χ2v) is 6.36. The quantitative estimate of drug-likeness (QED) is 0.602. The van der Waals surface area contributed by atoms with Crippen LogP contribution in [0.1, 0.15) is 25.7 Å². The highest BCUT2D eigenvalue weighted by atomic mass is 35.5. The number of halogens is 2. The van der Waals surface area contributed by atoms with Crippen molar-refractivity contribution >= 4 is 42.3 Å². The lowest BCUT2D eigenvalue weighted by Crippen LogP contribution is -2.48. The van der Waals surface area contributed by atoms with Crippen LogP contribution in [0.25, 0.3) is 0 Å². The Bertz CT molecular complexity index is 538. The molecule has 2 rings (SSSR count). The third-order valence-electron chi connectivity index (χ3n) is 4.47. The highest BCUT2D eigenvalue weighted by molar-refractivity contribution is 5.85. The summed E-state index contributed by atoms with van der Waals surface area (Å²) >= 11 is 0. The van der Waals surface area contributed by atoms with Gasteiger partial charge in [0, 0.05) is 51.3 Å². The van der Waals surface area contributed by atoms with E-state index < -0.39 is 0 Å². The van der Waals surface area contributed by atoms with Gasteiger partial charge in [0.1, 0.15) is 0 Å². The van der Waals surface area contributed by atoms with Gasteiger partial charge in [-0.3, -0.25) is 9.59 Å². The summed E-state index contributed by atoms with van der Waals surface area (Å²) in [5, 5.41) is 5.90. The number of amides is 2. The molecule has 0 bridgehead atoms. The van der Waals surface area contributed by atoms with Crippen LogP contribution in [-0.4, -0.2) is 63.0 Å². The molecule has 0 saturated carbocycles. The van der Waals surface area contributed by atoms with Gasteiger partial charge in [-0.1, -0.05) is 18.2 Å². The zero-order chi connectivity index (χ0) is 17.9. The molecule has 0 aliphatic carbocycles. The predicted molar refractivity (Wildman–Crippen MR) is 115 cm³/mol. The smallest absolute Gasteiger partial charge is 0.222 e. The molecule has 1 saturated heterocycles. The zero-order valence-corrected chi connectivity index (χ0v) is 17.6. The largest absolute Gasteiger partial charge is 0.368 e. The number of benzene rings is 1. The molecule has 1 fully saturated rings. The van der Waals surface area contributed by atoms with Crippen LogP contribution in [0.5, 0.6) is 0 Å². The Morgan fingerprint density at radius 2 is 1.56 bits per heavy atom. The van der Waals surface area contributed by atoms with Crippen molar-refractivity contribution in [2.24, 2.45) is 0 Å². The summed E-state index contributed by atoms with van der Waals surface area (Å²) in [4.78, 5) is 28.1. The summed E-state index contributed by atoms with van der Waals surface area (Å²) in [5.74, 6) is 0.260. The maximum Gasteiger partial charge on any atom is 0.222 e. The Morgan fingerprint density at radius 1 is 0.926 bits per heavy atom. The summed E-state index contributed by atoms with van der Waals surface area (Å²) < 4.78 is 0. The van der Waals surface area contributed by atoms with E-state index in [9.17, 15) is 9.59 Å². The van der Waals surface area contributed by atoms with Crippen molar-refractivity contribution in [3.05, 3.63) is 30.3 Å². The van der Waals surface area contributed by atoms with Crippen LogP contribution in [-0.2, 0) is 9.59 Å². The summed E-state index contributed by atoms with van der Waals surface area (Å²) in [6.45, 7) is 4.71. The van der Waals surface area contributed by atoms with Crippen molar-refractivity contribution in [2.75, 3.05) is 51.2 Å². The van der Waals surface area contributed by atoms with Gasteiger partial charge in [-0.2, -0.15) is 0 Å². The van der Waals surface area contributed by atoms with Crippen molar-refractivity contribution in [3.63, 3.8) is 0 Å². The fourth-order valence-corrected chi connectivity index (χ4v) is 2.99. The van der Waals surface area contributed by atoms with Crippen LogP contribution >= 0.6 is 24.8 Å². The number of hydrogen-bond acceptors (Lipinski definition) is 4. The second kappa shape index (κ2) is 14.5. The van der Waals surface area contributed by atoms with Gasteiger partial charge in [-0.25, -0.2) is 0 Å². The standard InChI is InChI=1S/C19H30N4O2.2ClH/c1-20-11-5-9-18(24)21-12-6-10-19(25)23-15-13-22(14-16-23)17-7-3-2-4-8-17;;/h2-4,7-8,20H,5-6,9-16H2,1H3,(H,21,24);2*1H. The molecule has 154 valence electrons. The number of piperazine rings is 1. The van der Waals surface area contributed by atoms with E-state index in [0.29, 0.717) is 25.8 Å². The molecule has 27 heavy (non-hydrogen) atoms. The van der Waals surface area contributed by atoms with Gasteiger partial charge < -0.3 is 20.4 Å². The first-order valence-electron chi connectivity index (χ1n) is 9.20. The monoisotopic (exact) mass is 418 g/mol. The van der Waals surface area contributed by atoms with E-state index in [0.717, 1.165) is 39.1 Å². The number of carbonyl (C=O) groups excluding carboxylic acids is 2. The molecular formula is C19H32Cl2N4O2. The van der Waals surface area contributed by atoms with Crippen LogP contribution < -0.4 is 15.5 Å². The normalized spacial score (nSPS) is 13.4. The molecule has 0 atom stereocenters. The molecule has 0 aromatic heterocycles. The van der Waals surface area contributed by atoms with Crippen LogP contribution in [0.15, 0.2) is 30.3 Å². The van der Waals surface area contributed by atoms with Crippen LogP contribution in [0.2, 0.25) is 0 Å². The molecular weight excluding hydrogens is 387 g/mol. The summed E-state index contributed by atoms with van der Waals surface area (Å²) in [6, 6.07) is 10.3. The second-order valence-electron chi connectivity index (χ2n) is 6.36. The molecule has 6 nitrogen and oxygen atoms in total. The molecule has 1 heterocycles. The number of hydrogen-bond donors (Lipinski definition) is 2. The van der Waals surface area contributed by atoms with E-state index in [1.807, 2.05) is 30.1 Å². The Labute approximate surface area is 174 Å². The molecule has 1 aromatic carbocycles. The number of anilines is 1. The SMILES string of the molecule is CNCCCC(=O)NCCCC(=O)N1CCN(c2ccccc2)CC1.Cl.Cl. The van der Waals surface area contributed by atoms with Crippen LogP contribution in [0, 0.1) is 0 Å². The van der Waals surface area contributed by atoms with Crippen molar-refractivity contribution < 1.29 is 9.59 Å². The van der Waals surface area contributed by atoms with E-state index in [-0.39, 0.29) is 36.6 Å². The number of para-hydroxylation sites is 1. The molecule has 2 amide bonds. The zero-order valence-electron chi connectivity index (χ0n) is 16.0. The minimum absolute atomic E-state index is 0. The number of nitrogens with zero attached hydrogens (tertiary/aromatic N) is 2. The molecule has 0 unspecified atom stereocenters. The minimum atomic E-state index is 0. The van der Waals surface area contributed by atoms with E-state index in [1.54, 1.807) is 0 Å². The number of nitrogens with one attached hydrogen (secondary N) is 2. The Kier molecular flexibility index (Phi) is 13.7. The summed E-state index contributed by atoms with van der Waals surface area (Å²) in [7, 11) is 1.88. The Hall–Kier alpha value is -1.50. The average Bonchev–Trinajstić information content (AvgIpc) is 2.66. The lowest BCUT2D eigenvalue weighted by atomic mass is 10.2. The first kappa shape index (κ1) is 25.5. The van der Waals surface area contributed by atoms with Crippen LogP contribution in [0.3, 0.4) is 0 Å². The van der Waals surface area contributed by atoms with Crippen molar-refractivity contribution in [3.8, 4) is 0 Å². The minimum Gasteiger partial charge on any atom is -0.368 e. The third-order valence-corrected chi connectivity index (χ3v) is 4.47. The summed E-state index contributed by atoms with van der Waals surface area (Å²) in [6.07, 6.45) is 2.58. The van der Waals surface area contributed by atoms with E-state index >= 15 is 0 Å². The third kappa shape index (κ3) is 9.31. The lowest BCUT2D eigenvalue weighted by Gasteiger charge is -2.36. The Balaban J connectivity index is 0.00000338.